The van der Waals surface area contributed by atoms with E-state index in [-0.39, 0.29) is 24.0 Å². The van der Waals surface area contributed by atoms with Gasteiger partial charge in [-0.05, 0) is 24.1 Å². The lowest BCUT2D eigenvalue weighted by Crippen LogP contribution is -2.30. The number of rotatable bonds is 2. The largest absolute Gasteiger partial charge is 0.370 e. The summed E-state index contributed by atoms with van der Waals surface area (Å²) in [7, 11) is 3.73. The van der Waals surface area contributed by atoms with Crippen molar-refractivity contribution in [3.8, 4) is 0 Å². The van der Waals surface area contributed by atoms with Crippen molar-refractivity contribution in [3.05, 3.63) is 34.3 Å². The molecule has 0 saturated carbocycles. The first-order valence-corrected chi connectivity index (χ1v) is 5.11. The van der Waals surface area contributed by atoms with Crippen LogP contribution in [0.15, 0.2) is 23.2 Å². The third-order valence-electron chi connectivity index (χ3n) is 2.10. The molecule has 0 radical (unpaired) electrons. The van der Waals surface area contributed by atoms with Crippen molar-refractivity contribution in [3.63, 3.8) is 0 Å². The number of hydrogen-bond donors (Lipinski definition) is 1. The minimum absolute atomic E-state index is 0. The van der Waals surface area contributed by atoms with Gasteiger partial charge in [0.2, 0.25) is 0 Å². The maximum absolute atomic E-state index is 5.93. The standard InChI is InChI=1S/C11H16ClN3.HI/c1-8-6-9(4-5-10(8)12)7-14-11(13)15(2)3;/h4-6H,7H2,1-3H3,(H2,13,14);1H. The Morgan fingerprint density at radius 1 is 1.44 bits per heavy atom. The van der Waals surface area contributed by atoms with E-state index in [1.165, 1.54) is 0 Å². The number of halogens is 2. The summed E-state index contributed by atoms with van der Waals surface area (Å²) in [6.45, 7) is 2.56. The number of guanidine groups is 1. The molecule has 0 aliphatic rings. The molecule has 0 fully saturated rings. The molecule has 1 aromatic rings. The first kappa shape index (κ1) is 15.5. The summed E-state index contributed by atoms with van der Waals surface area (Å²) < 4.78 is 0. The number of benzene rings is 1. The molecule has 0 aromatic heterocycles. The topological polar surface area (TPSA) is 41.6 Å². The van der Waals surface area contributed by atoms with Crippen LogP contribution in [-0.4, -0.2) is 25.0 Å². The van der Waals surface area contributed by atoms with Gasteiger partial charge in [0.05, 0.1) is 6.54 Å². The summed E-state index contributed by atoms with van der Waals surface area (Å²) in [5, 5.41) is 0.781. The Hall–Kier alpha value is -0.490. The monoisotopic (exact) mass is 353 g/mol. The summed E-state index contributed by atoms with van der Waals surface area (Å²) in [5.41, 5.74) is 7.86. The normalized spacial score (nSPS) is 10.9. The SMILES string of the molecule is Cc1cc(CN=C(N)N(C)C)ccc1Cl.I. The molecule has 90 valence electrons. The summed E-state index contributed by atoms with van der Waals surface area (Å²) >= 11 is 5.93. The summed E-state index contributed by atoms with van der Waals surface area (Å²) in [5.74, 6) is 0.530. The van der Waals surface area contributed by atoms with Crippen molar-refractivity contribution in [2.24, 2.45) is 10.7 Å². The second-order valence-corrected chi connectivity index (χ2v) is 4.06. The second-order valence-electron chi connectivity index (χ2n) is 3.65. The number of nitrogens with zero attached hydrogens (tertiary/aromatic N) is 2. The van der Waals surface area contributed by atoms with Crippen LogP contribution in [0.3, 0.4) is 0 Å². The molecule has 0 amide bonds. The van der Waals surface area contributed by atoms with Crippen molar-refractivity contribution in [2.45, 2.75) is 13.5 Å². The highest BCUT2D eigenvalue weighted by atomic mass is 127. The molecule has 0 atom stereocenters. The highest BCUT2D eigenvalue weighted by Crippen LogP contribution is 2.16. The minimum atomic E-state index is 0. The lowest BCUT2D eigenvalue weighted by atomic mass is 10.1. The molecule has 1 aromatic carbocycles. The Labute approximate surface area is 119 Å². The predicted molar refractivity (Wildman–Crippen MR) is 80.6 cm³/mol. The molecule has 0 saturated heterocycles. The van der Waals surface area contributed by atoms with Crippen molar-refractivity contribution in [1.29, 1.82) is 0 Å². The summed E-state index contributed by atoms with van der Waals surface area (Å²) in [4.78, 5) is 6.02. The van der Waals surface area contributed by atoms with Gasteiger partial charge in [-0.25, -0.2) is 4.99 Å². The molecule has 0 unspecified atom stereocenters. The van der Waals surface area contributed by atoms with E-state index in [4.69, 9.17) is 17.3 Å². The van der Waals surface area contributed by atoms with Gasteiger partial charge in [0.15, 0.2) is 5.96 Å². The van der Waals surface area contributed by atoms with Crippen molar-refractivity contribution < 1.29 is 0 Å². The molecular weight excluding hydrogens is 336 g/mol. The van der Waals surface area contributed by atoms with E-state index in [0.29, 0.717) is 12.5 Å². The zero-order valence-corrected chi connectivity index (χ0v) is 12.8. The van der Waals surface area contributed by atoms with Crippen LogP contribution >= 0.6 is 35.6 Å². The van der Waals surface area contributed by atoms with Gasteiger partial charge in [-0.2, -0.15) is 0 Å². The molecule has 16 heavy (non-hydrogen) atoms. The minimum Gasteiger partial charge on any atom is -0.370 e. The molecule has 2 N–H and O–H groups in total. The van der Waals surface area contributed by atoms with E-state index in [1.54, 1.807) is 4.90 Å². The van der Waals surface area contributed by atoms with Gasteiger partial charge in [-0.1, -0.05) is 23.7 Å². The molecule has 3 nitrogen and oxygen atoms in total. The van der Waals surface area contributed by atoms with Crippen LogP contribution in [0.5, 0.6) is 0 Å². The molecule has 1 rings (SSSR count). The van der Waals surface area contributed by atoms with Gasteiger partial charge in [0.25, 0.3) is 0 Å². The zero-order valence-electron chi connectivity index (χ0n) is 9.70. The molecule has 5 heteroatoms. The Morgan fingerprint density at radius 3 is 2.56 bits per heavy atom. The molecule has 0 heterocycles. The van der Waals surface area contributed by atoms with E-state index in [1.807, 2.05) is 39.2 Å². The van der Waals surface area contributed by atoms with E-state index in [9.17, 15) is 0 Å². The van der Waals surface area contributed by atoms with Gasteiger partial charge in [-0.15, -0.1) is 24.0 Å². The number of aliphatic imine (C=N–C) groups is 1. The number of aryl methyl sites for hydroxylation is 1. The van der Waals surface area contributed by atoms with Crippen LogP contribution < -0.4 is 5.73 Å². The van der Waals surface area contributed by atoms with Crippen molar-refractivity contribution in [2.75, 3.05) is 14.1 Å². The third-order valence-corrected chi connectivity index (χ3v) is 2.53. The fourth-order valence-electron chi connectivity index (χ4n) is 1.12. The van der Waals surface area contributed by atoms with E-state index >= 15 is 0 Å². The van der Waals surface area contributed by atoms with Crippen molar-refractivity contribution >= 4 is 41.5 Å². The first-order chi connectivity index (χ1) is 7.00. The maximum atomic E-state index is 5.93. The Kier molecular flexibility index (Phi) is 6.74. The fourth-order valence-corrected chi connectivity index (χ4v) is 1.24. The molecule has 0 bridgehead atoms. The smallest absolute Gasteiger partial charge is 0.191 e. The quantitative estimate of drug-likeness (QED) is 0.504. The lowest BCUT2D eigenvalue weighted by molar-refractivity contribution is 0.609. The van der Waals surface area contributed by atoms with Crippen LogP contribution in [0.25, 0.3) is 0 Å². The van der Waals surface area contributed by atoms with Crippen LogP contribution in [0.4, 0.5) is 0 Å². The third kappa shape index (κ3) is 4.57. The molecule has 0 aliphatic carbocycles. The maximum Gasteiger partial charge on any atom is 0.191 e. The Bertz CT molecular complexity index is 377. The lowest BCUT2D eigenvalue weighted by Gasteiger charge is -2.10. The van der Waals surface area contributed by atoms with Crippen LogP contribution in [0.1, 0.15) is 11.1 Å². The van der Waals surface area contributed by atoms with Gasteiger partial charge in [0, 0.05) is 19.1 Å². The Morgan fingerprint density at radius 2 is 2.06 bits per heavy atom. The van der Waals surface area contributed by atoms with E-state index in [2.05, 4.69) is 4.99 Å². The van der Waals surface area contributed by atoms with Gasteiger partial charge < -0.3 is 10.6 Å². The van der Waals surface area contributed by atoms with Gasteiger partial charge >= 0.3 is 0 Å². The predicted octanol–water partition coefficient (Wildman–Crippen LogP) is 2.64. The van der Waals surface area contributed by atoms with Crippen LogP contribution in [0.2, 0.25) is 5.02 Å². The second kappa shape index (κ2) is 6.96. The summed E-state index contributed by atoms with van der Waals surface area (Å²) in [6.07, 6.45) is 0. The van der Waals surface area contributed by atoms with E-state index < -0.39 is 0 Å². The van der Waals surface area contributed by atoms with Crippen LogP contribution in [-0.2, 0) is 6.54 Å². The van der Waals surface area contributed by atoms with Crippen molar-refractivity contribution in [1.82, 2.24) is 4.90 Å². The van der Waals surface area contributed by atoms with Gasteiger partial charge in [0.1, 0.15) is 0 Å². The molecular formula is C11H17ClIN3. The summed E-state index contributed by atoms with van der Waals surface area (Å²) in [6, 6.07) is 5.87. The average molecular weight is 354 g/mol. The highest BCUT2D eigenvalue weighted by molar-refractivity contribution is 14.0. The fraction of sp³-hybridized carbons (Fsp3) is 0.364. The first-order valence-electron chi connectivity index (χ1n) is 4.73. The zero-order chi connectivity index (χ0) is 11.4. The number of nitrogens with two attached hydrogens (primary N) is 1. The highest BCUT2D eigenvalue weighted by Gasteiger charge is 1.98. The molecule has 0 aliphatic heterocycles. The van der Waals surface area contributed by atoms with E-state index in [0.717, 1.165) is 16.1 Å². The Balaban J connectivity index is 0.00000225. The average Bonchev–Trinajstić information content (AvgIpc) is 2.19. The van der Waals surface area contributed by atoms with Gasteiger partial charge in [-0.3, -0.25) is 0 Å². The molecule has 0 spiro atoms. The number of hydrogen-bond acceptors (Lipinski definition) is 1. The van der Waals surface area contributed by atoms with Crippen LogP contribution in [0, 0.1) is 6.92 Å².